The minimum absolute atomic E-state index is 0.170. The zero-order valence-electron chi connectivity index (χ0n) is 18.3. The van der Waals surface area contributed by atoms with Crippen molar-refractivity contribution in [3.63, 3.8) is 0 Å². The zero-order chi connectivity index (χ0) is 23.3. The summed E-state index contributed by atoms with van der Waals surface area (Å²) in [7, 11) is 1.63. The van der Waals surface area contributed by atoms with Gasteiger partial charge in [0.25, 0.3) is 5.91 Å². The number of nitrogens with zero attached hydrogens (tertiary/aromatic N) is 3. The smallest absolute Gasteiger partial charge is 0.271 e. The second kappa shape index (κ2) is 10.2. The summed E-state index contributed by atoms with van der Waals surface area (Å²) in [5.74, 6) is 0.224. The van der Waals surface area contributed by atoms with Gasteiger partial charge >= 0.3 is 0 Å². The van der Waals surface area contributed by atoms with Gasteiger partial charge in [-0.25, -0.2) is 5.43 Å². The summed E-state index contributed by atoms with van der Waals surface area (Å²) in [6.45, 7) is 5.91. The third kappa shape index (κ3) is 5.61. The predicted octanol–water partition coefficient (Wildman–Crippen LogP) is 4.04. The molecule has 9 heteroatoms. The molecule has 3 aromatic rings. The van der Waals surface area contributed by atoms with Gasteiger partial charge in [0.05, 0.1) is 35.7 Å². The van der Waals surface area contributed by atoms with Crippen LogP contribution in [0.5, 0.6) is 5.75 Å². The molecule has 1 aromatic heterocycles. The highest BCUT2D eigenvalue weighted by Crippen LogP contribution is 2.24. The van der Waals surface area contributed by atoms with E-state index in [2.05, 4.69) is 36.9 Å². The Bertz CT molecular complexity index is 1170. The summed E-state index contributed by atoms with van der Waals surface area (Å²) in [5.41, 5.74) is 7.27. The highest BCUT2D eigenvalue weighted by Gasteiger charge is 2.12. The van der Waals surface area contributed by atoms with Crippen LogP contribution in [0.15, 0.2) is 52.0 Å². The summed E-state index contributed by atoms with van der Waals surface area (Å²) in [6.07, 6.45) is 1.57. The van der Waals surface area contributed by atoms with Crippen LogP contribution in [0.25, 0.3) is 0 Å². The van der Waals surface area contributed by atoms with E-state index in [4.69, 9.17) is 4.74 Å². The third-order valence-electron chi connectivity index (χ3n) is 4.76. The molecule has 0 spiro atoms. The molecule has 0 fully saturated rings. The number of aromatic nitrogens is 2. The van der Waals surface area contributed by atoms with Gasteiger partial charge < -0.3 is 10.1 Å². The average molecular weight is 498 g/mol. The molecule has 0 aliphatic rings. The molecule has 0 saturated carbocycles. The lowest BCUT2D eigenvalue weighted by molar-refractivity contribution is -0.114. The molecule has 1 heterocycles. The largest absolute Gasteiger partial charge is 0.496 e. The first-order valence-electron chi connectivity index (χ1n) is 9.86. The third-order valence-corrected chi connectivity index (χ3v) is 5.91. The lowest BCUT2D eigenvalue weighted by atomic mass is 10.1. The normalized spacial score (nSPS) is 10.9. The lowest BCUT2D eigenvalue weighted by Gasteiger charge is -2.11. The molecule has 0 bridgehead atoms. The number of hydrogen-bond acceptors (Lipinski definition) is 5. The number of hydrazone groups is 1. The molecule has 3 rings (SSSR count). The van der Waals surface area contributed by atoms with E-state index in [0.29, 0.717) is 17.8 Å². The molecule has 32 heavy (non-hydrogen) atoms. The van der Waals surface area contributed by atoms with Gasteiger partial charge in [0, 0.05) is 23.7 Å². The molecule has 2 amide bonds. The first-order valence-corrected chi connectivity index (χ1v) is 10.6. The molecular formula is C23H24BrN5O3. The number of amides is 2. The number of rotatable bonds is 7. The van der Waals surface area contributed by atoms with Crippen molar-refractivity contribution in [3.8, 4) is 5.75 Å². The summed E-state index contributed by atoms with van der Waals surface area (Å²) < 4.78 is 8.39. The van der Waals surface area contributed by atoms with Crippen LogP contribution in [0.4, 0.5) is 5.69 Å². The fourth-order valence-electron chi connectivity index (χ4n) is 3.13. The highest BCUT2D eigenvalue weighted by atomic mass is 79.9. The Labute approximate surface area is 194 Å². The van der Waals surface area contributed by atoms with Crippen LogP contribution in [0, 0.1) is 13.8 Å². The van der Waals surface area contributed by atoms with Crippen molar-refractivity contribution >= 4 is 39.6 Å². The van der Waals surface area contributed by atoms with Gasteiger partial charge in [-0.15, -0.1) is 0 Å². The molecule has 0 aliphatic carbocycles. The van der Waals surface area contributed by atoms with E-state index in [1.807, 2.05) is 36.7 Å². The highest BCUT2D eigenvalue weighted by molar-refractivity contribution is 9.10. The van der Waals surface area contributed by atoms with Crippen LogP contribution in [0.1, 0.15) is 39.8 Å². The van der Waals surface area contributed by atoms with Crippen molar-refractivity contribution in [2.75, 3.05) is 12.4 Å². The zero-order valence-corrected chi connectivity index (χ0v) is 19.9. The Balaban J connectivity index is 1.70. The Hall–Kier alpha value is -3.46. The van der Waals surface area contributed by atoms with Crippen LogP contribution in [0.3, 0.4) is 0 Å². The van der Waals surface area contributed by atoms with Crippen molar-refractivity contribution in [2.45, 2.75) is 27.3 Å². The number of ether oxygens (including phenoxy) is 1. The maximum absolute atomic E-state index is 12.3. The molecule has 166 valence electrons. The Morgan fingerprint density at radius 1 is 1.19 bits per heavy atom. The molecule has 0 unspecified atom stereocenters. The molecule has 0 atom stereocenters. The molecule has 0 radical (unpaired) electrons. The van der Waals surface area contributed by atoms with Crippen LogP contribution < -0.4 is 15.5 Å². The molecule has 8 nitrogen and oxygen atoms in total. The Morgan fingerprint density at radius 3 is 2.50 bits per heavy atom. The number of halogens is 1. The van der Waals surface area contributed by atoms with E-state index in [0.717, 1.165) is 32.7 Å². The van der Waals surface area contributed by atoms with Crippen LogP contribution in [-0.4, -0.2) is 34.9 Å². The van der Waals surface area contributed by atoms with Crippen LogP contribution in [0.2, 0.25) is 0 Å². The van der Waals surface area contributed by atoms with E-state index >= 15 is 0 Å². The van der Waals surface area contributed by atoms with Crippen molar-refractivity contribution in [2.24, 2.45) is 5.10 Å². The van der Waals surface area contributed by atoms with Gasteiger partial charge in [-0.1, -0.05) is 0 Å². The van der Waals surface area contributed by atoms with E-state index in [1.54, 1.807) is 37.6 Å². The number of carbonyl (C=O) groups is 2. The van der Waals surface area contributed by atoms with E-state index in [9.17, 15) is 9.59 Å². The second-order valence-electron chi connectivity index (χ2n) is 7.17. The molecular weight excluding hydrogens is 474 g/mol. The van der Waals surface area contributed by atoms with Gasteiger partial charge in [-0.05, 0) is 77.8 Å². The predicted molar refractivity (Wildman–Crippen MR) is 127 cm³/mol. The molecule has 0 aliphatic heterocycles. The molecule has 0 saturated heterocycles. The summed E-state index contributed by atoms with van der Waals surface area (Å²) in [6, 6.07) is 12.2. The fourth-order valence-corrected chi connectivity index (χ4v) is 3.41. The number of benzene rings is 2. The standard InChI is InChI=1S/C23H24BrN5O3/c1-14-22(24)15(2)29(28-14)13-19-11-17(5-10-21(19)32-4)12-25-27-23(31)18-6-8-20(9-7-18)26-16(3)30/h5-12H,13H2,1-4H3,(H,26,30)(H,27,31)/b25-12+. The lowest BCUT2D eigenvalue weighted by Crippen LogP contribution is -2.17. The minimum Gasteiger partial charge on any atom is -0.496 e. The molecule has 2 N–H and O–H groups in total. The van der Waals surface area contributed by atoms with Gasteiger partial charge in [0.1, 0.15) is 5.75 Å². The van der Waals surface area contributed by atoms with Gasteiger partial charge in [-0.3, -0.25) is 14.3 Å². The van der Waals surface area contributed by atoms with Gasteiger partial charge in [0.2, 0.25) is 5.91 Å². The fraction of sp³-hybridized carbons (Fsp3) is 0.217. The topological polar surface area (TPSA) is 97.6 Å². The van der Waals surface area contributed by atoms with E-state index in [1.165, 1.54) is 6.92 Å². The quantitative estimate of drug-likeness (QED) is 0.380. The van der Waals surface area contributed by atoms with Crippen molar-refractivity contribution in [1.29, 1.82) is 0 Å². The summed E-state index contributed by atoms with van der Waals surface area (Å²) >= 11 is 3.55. The van der Waals surface area contributed by atoms with Crippen molar-refractivity contribution < 1.29 is 14.3 Å². The van der Waals surface area contributed by atoms with E-state index in [-0.39, 0.29) is 11.8 Å². The number of nitrogens with one attached hydrogen (secondary N) is 2. The van der Waals surface area contributed by atoms with E-state index < -0.39 is 0 Å². The number of methoxy groups -OCH3 is 1. The maximum atomic E-state index is 12.3. The summed E-state index contributed by atoms with van der Waals surface area (Å²) in [5, 5.41) is 11.3. The number of aryl methyl sites for hydroxylation is 1. The van der Waals surface area contributed by atoms with Gasteiger partial charge in [-0.2, -0.15) is 10.2 Å². The SMILES string of the molecule is COc1ccc(/C=N/NC(=O)c2ccc(NC(C)=O)cc2)cc1Cn1nc(C)c(Br)c1C. The summed E-state index contributed by atoms with van der Waals surface area (Å²) in [4.78, 5) is 23.4. The number of hydrogen-bond donors (Lipinski definition) is 2. The van der Waals surface area contributed by atoms with Gasteiger partial charge in [0.15, 0.2) is 0 Å². The Morgan fingerprint density at radius 2 is 1.91 bits per heavy atom. The van der Waals surface area contributed by atoms with Crippen LogP contribution in [-0.2, 0) is 11.3 Å². The van der Waals surface area contributed by atoms with Crippen molar-refractivity contribution in [1.82, 2.24) is 15.2 Å². The monoisotopic (exact) mass is 497 g/mol. The second-order valence-corrected chi connectivity index (χ2v) is 7.96. The minimum atomic E-state index is -0.350. The number of carbonyl (C=O) groups excluding carboxylic acids is 2. The molecule has 2 aromatic carbocycles. The first-order chi connectivity index (χ1) is 15.3. The number of anilines is 1. The Kier molecular flexibility index (Phi) is 7.42. The average Bonchev–Trinajstić information content (AvgIpc) is 3.00. The maximum Gasteiger partial charge on any atom is 0.271 e. The van der Waals surface area contributed by atoms with Crippen LogP contribution >= 0.6 is 15.9 Å². The van der Waals surface area contributed by atoms with Crippen molar-refractivity contribution in [3.05, 3.63) is 75.0 Å². The first kappa shape index (κ1) is 23.2.